The van der Waals surface area contributed by atoms with Gasteiger partial charge >= 0.3 is 6.09 Å². The molecule has 0 saturated heterocycles. The molecule has 1 amide bonds. The molecule has 0 bridgehead atoms. The van der Waals surface area contributed by atoms with Crippen LogP contribution in [0.2, 0.25) is 0 Å². The molecule has 0 aromatic rings. The van der Waals surface area contributed by atoms with E-state index in [-0.39, 0.29) is 12.8 Å². The molecule has 4 heteroatoms. The third kappa shape index (κ3) is 3.22. The predicted octanol–water partition coefficient (Wildman–Crippen LogP) is 1.03. The monoisotopic (exact) mass is 186 g/mol. The zero-order valence-electron chi connectivity index (χ0n) is 8.38. The van der Waals surface area contributed by atoms with E-state index in [9.17, 15) is 4.79 Å². The third-order valence-corrected chi connectivity index (χ3v) is 2.41. The molecule has 0 unspecified atom stereocenters. The molecule has 1 saturated carbocycles. The van der Waals surface area contributed by atoms with Crippen molar-refractivity contribution in [1.29, 1.82) is 0 Å². The molecule has 0 heterocycles. The first-order valence-corrected chi connectivity index (χ1v) is 4.76. The maximum atomic E-state index is 11.2. The van der Waals surface area contributed by atoms with Crippen molar-refractivity contribution in [1.82, 2.24) is 10.2 Å². The Morgan fingerprint density at radius 1 is 1.62 bits per heavy atom. The van der Waals surface area contributed by atoms with Crippen LogP contribution in [0.15, 0.2) is 0 Å². The van der Waals surface area contributed by atoms with Crippen molar-refractivity contribution in [3.05, 3.63) is 0 Å². The average molecular weight is 186 g/mol. The molecular formula is C9H18N2O2. The minimum absolute atomic E-state index is 0.235. The Morgan fingerprint density at radius 2 is 2.31 bits per heavy atom. The Bertz CT molecular complexity index is 169. The van der Waals surface area contributed by atoms with Crippen molar-refractivity contribution in [3.63, 3.8) is 0 Å². The van der Waals surface area contributed by atoms with E-state index in [1.807, 2.05) is 0 Å². The Kier molecular flexibility index (Phi) is 4.02. The second kappa shape index (κ2) is 5.07. The van der Waals surface area contributed by atoms with Crippen LogP contribution in [-0.4, -0.2) is 38.4 Å². The van der Waals surface area contributed by atoms with Crippen molar-refractivity contribution < 1.29 is 9.53 Å². The number of hydrogen-bond donors (Lipinski definition) is 1. The number of hydrogen-bond acceptors (Lipinski definition) is 3. The largest absolute Gasteiger partial charge is 0.433 e. The predicted molar refractivity (Wildman–Crippen MR) is 50.4 cm³/mol. The van der Waals surface area contributed by atoms with Gasteiger partial charge in [0.25, 0.3) is 0 Å². The molecule has 76 valence electrons. The summed E-state index contributed by atoms with van der Waals surface area (Å²) in [5.41, 5.74) is 0. The third-order valence-electron chi connectivity index (χ3n) is 2.41. The van der Waals surface area contributed by atoms with Crippen molar-refractivity contribution in [2.45, 2.75) is 19.3 Å². The van der Waals surface area contributed by atoms with Gasteiger partial charge in [0.1, 0.15) is 6.73 Å². The van der Waals surface area contributed by atoms with Crippen LogP contribution in [-0.2, 0) is 4.74 Å². The number of carbonyl (C=O) groups excluding carboxylic acids is 1. The maximum absolute atomic E-state index is 11.2. The van der Waals surface area contributed by atoms with Gasteiger partial charge in [-0.15, -0.1) is 0 Å². The fourth-order valence-corrected chi connectivity index (χ4v) is 1.38. The average Bonchev–Trinajstić information content (AvgIpc) is 2.06. The van der Waals surface area contributed by atoms with Crippen LogP contribution in [0.3, 0.4) is 0 Å². The number of ether oxygens (including phenoxy) is 1. The fraction of sp³-hybridized carbons (Fsp3) is 0.889. The number of rotatable bonds is 4. The summed E-state index contributed by atoms with van der Waals surface area (Å²) in [5, 5.41) is 2.77. The Labute approximate surface area is 79.2 Å². The summed E-state index contributed by atoms with van der Waals surface area (Å²) in [7, 11) is 3.54. The first-order valence-electron chi connectivity index (χ1n) is 4.76. The lowest BCUT2D eigenvalue weighted by molar-refractivity contribution is 0.0940. The Morgan fingerprint density at radius 3 is 2.77 bits per heavy atom. The highest BCUT2D eigenvalue weighted by molar-refractivity contribution is 5.67. The van der Waals surface area contributed by atoms with E-state index in [1.54, 1.807) is 19.0 Å². The number of nitrogens with one attached hydrogen (secondary N) is 1. The molecule has 0 atom stereocenters. The molecule has 1 aliphatic carbocycles. The van der Waals surface area contributed by atoms with Crippen molar-refractivity contribution in [2.75, 3.05) is 27.4 Å². The molecule has 0 spiro atoms. The second-order valence-corrected chi connectivity index (χ2v) is 3.59. The summed E-state index contributed by atoms with van der Waals surface area (Å²) in [6, 6.07) is 0. The normalized spacial score (nSPS) is 16.5. The van der Waals surface area contributed by atoms with E-state index in [4.69, 9.17) is 4.74 Å². The van der Waals surface area contributed by atoms with Gasteiger partial charge in [0.15, 0.2) is 0 Å². The smallest absolute Gasteiger partial charge is 0.410 e. The van der Waals surface area contributed by atoms with Crippen LogP contribution in [0.5, 0.6) is 0 Å². The minimum Gasteiger partial charge on any atom is -0.433 e. The summed E-state index contributed by atoms with van der Waals surface area (Å²) in [5.74, 6) is 0.701. The van der Waals surface area contributed by atoms with Crippen LogP contribution in [0, 0.1) is 5.92 Å². The van der Waals surface area contributed by atoms with Gasteiger partial charge in [0.05, 0.1) is 0 Å². The van der Waals surface area contributed by atoms with Gasteiger partial charge in [0.2, 0.25) is 0 Å². The fourth-order valence-electron chi connectivity index (χ4n) is 1.38. The molecule has 0 radical (unpaired) electrons. The first kappa shape index (κ1) is 10.3. The standard InChI is InChI=1S/C9H18N2O2/c1-10-7-13-9(12)11(2)6-8-4-3-5-8/h8,10H,3-7H2,1-2H3. The van der Waals surface area contributed by atoms with Crippen LogP contribution >= 0.6 is 0 Å². The second-order valence-electron chi connectivity index (χ2n) is 3.59. The van der Waals surface area contributed by atoms with E-state index in [0.29, 0.717) is 5.92 Å². The molecular weight excluding hydrogens is 168 g/mol. The van der Waals surface area contributed by atoms with Gasteiger partial charge in [-0.2, -0.15) is 0 Å². The first-order chi connectivity index (χ1) is 6.24. The summed E-state index contributed by atoms with van der Waals surface area (Å²) >= 11 is 0. The van der Waals surface area contributed by atoms with Crippen molar-refractivity contribution in [3.8, 4) is 0 Å². The zero-order chi connectivity index (χ0) is 9.68. The minimum atomic E-state index is -0.235. The molecule has 1 rings (SSSR count). The lowest BCUT2D eigenvalue weighted by Gasteiger charge is -2.29. The van der Waals surface area contributed by atoms with Crippen LogP contribution in [0.1, 0.15) is 19.3 Å². The SMILES string of the molecule is CNCOC(=O)N(C)CC1CCC1. The zero-order valence-corrected chi connectivity index (χ0v) is 8.38. The summed E-state index contributed by atoms with van der Waals surface area (Å²) in [4.78, 5) is 12.9. The van der Waals surface area contributed by atoms with Crippen molar-refractivity contribution >= 4 is 6.09 Å². The summed E-state index contributed by atoms with van der Waals surface area (Å²) in [6.07, 6.45) is 3.58. The quantitative estimate of drug-likeness (QED) is 0.667. The van der Waals surface area contributed by atoms with E-state index < -0.39 is 0 Å². The van der Waals surface area contributed by atoms with Crippen LogP contribution in [0.4, 0.5) is 4.79 Å². The summed E-state index contributed by atoms with van der Waals surface area (Å²) in [6.45, 7) is 1.12. The van der Waals surface area contributed by atoms with Crippen LogP contribution in [0.25, 0.3) is 0 Å². The highest BCUT2D eigenvalue weighted by Gasteiger charge is 2.21. The molecule has 0 aliphatic heterocycles. The van der Waals surface area contributed by atoms with Crippen molar-refractivity contribution in [2.24, 2.45) is 5.92 Å². The van der Waals surface area contributed by atoms with E-state index >= 15 is 0 Å². The Balaban J connectivity index is 2.13. The van der Waals surface area contributed by atoms with E-state index in [2.05, 4.69) is 5.32 Å². The molecule has 4 nitrogen and oxygen atoms in total. The number of amides is 1. The van der Waals surface area contributed by atoms with Gasteiger partial charge in [-0.1, -0.05) is 6.42 Å². The maximum Gasteiger partial charge on any atom is 0.410 e. The number of nitrogens with zero attached hydrogens (tertiary/aromatic N) is 1. The molecule has 0 aromatic heterocycles. The van der Waals surface area contributed by atoms with Gasteiger partial charge in [-0.05, 0) is 25.8 Å². The molecule has 1 N–H and O–H groups in total. The van der Waals surface area contributed by atoms with Gasteiger partial charge in [-0.25, -0.2) is 4.79 Å². The highest BCUT2D eigenvalue weighted by Crippen LogP contribution is 2.26. The molecule has 0 aromatic carbocycles. The molecule has 1 aliphatic rings. The topological polar surface area (TPSA) is 41.6 Å². The highest BCUT2D eigenvalue weighted by atomic mass is 16.6. The molecule has 13 heavy (non-hydrogen) atoms. The lowest BCUT2D eigenvalue weighted by Crippen LogP contribution is -2.35. The lowest BCUT2D eigenvalue weighted by atomic mass is 9.85. The number of carbonyl (C=O) groups is 1. The van der Waals surface area contributed by atoms with E-state index in [0.717, 1.165) is 6.54 Å². The van der Waals surface area contributed by atoms with Gasteiger partial charge in [-0.3, -0.25) is 5.32 Å². The van der Waals surface area contributed by atoms with Crippen LogP contribution < -0.4 is 5.32 Å². The van der Waals surface area contributed by atoms with Gasteiger partial charge in [0, 0.05) is 13.6 Å². The Hall–Kier alpha value is -0.770. The van der Waals surface area contributed by atoms with Gasteiger partial charge < -0.3 is 9.64 Å². The summed E-state index contributed by atoms with van der Waals surface area (Å²) < 4.78 is 4.90. The van der Waals surface area contributed by atoms with E-state index in [1.165, 1.54) is 19.3 Å². The molecule has 1 fully saturated rings.